The van der Waals surface area contributed by atoms with Gasteiger partial charge < -0.3 is 19.8 Å². The standard InChI is InChI=1S/C20H24N2O5/c1-12(2)10-21-19(24)15-7-5-6-8-17(15)22-18(23)11-26-20(25)16-9-13(3)27-14(16)4/h5-9,12H,10-11H2,1-4H3,(H,21,24)(H,22,23). The molecule has 0 bridgehead atoms. The van der Waals surface area contributed by atoms with Gasteiger partial charge in [0, 0.05) is 6.54 Å². The Labute approximate surface area is 158 Å². The molecule has 144 valence electrons. The second kappa shape index (κ2) is 9.02. The summed E-state index contributed by atoms with van der Waals surface area (Å²) in [5, 5.41) is 5.41. The molecule has 2 aromatic rings. The van der Waals surface area contributed by atoms with E-state index >= 15 is 0 Å². The lowest BCUT2D eigenvalue weighted by molar-refractivity contribution is -0.119. The van der Waals surface area contributed by atoms with E-state index in [4.69, 9.17) is 9.15 Å². The van der Waals surface area contributed by atoms with Crippen molar-refractivity contribution in [1.29, 1.82) is 0 Å². The SMILES string of the molecule is Cc1cc(C(=O)OCC(=O)Nc2ccccc2C(=O)NCC(C)C)c(C)o1. The lowest BCUT2D eigenvalue weighted by Gasteiger charge is -2.12. The molecule has 2 N–H and O–H groups in total. The Hall–Kier alpha value is -3.09. The molecule has 27 heavy (non-hydrogen) atoms. The molecular weight excluding hydrogens is 348 g/mol. The first-order valence-electron chi connectivity index (χ1n) is 8.69. The maximum absolute atomic E-state index is 12.3. The van der Waals surface area contributed by atoms with Crippen LogP contribution in [0.2, 0.25) is 0 Å². The molecule has 0 atom stereocenters. The van der Waals surface area contributed by atoms with Gasteiger partial charge in [0.15, 0.2) is 6.61 Å². The average Bonchev–Trinajstić information content (AvgIpc) is 2.96. The Morgan fingerprint density at radius 2 is 1.81 bits per heavy atom. The van der Waals surface area contributed by atoms with Crippen LogP contribution in [-0.2, 0) is 9.53 Å². The summed E-state index contributed by atoms with van der Waals surface area (Å²) >= 11 is 0. The Kier molecular flexibility index (Phi) is 6.76. The highest BCUT2D eigenvalue weighted by Gasteiger charge is 2.18. The summed E-state index contributed by atoms with van der Waals surface area (Å²) in [6, 6.07) is 8.22. The fraction of sp³-hybridized carbons (Fsp3) is 0.350. The molecule has 7 heteroatoms. The molecule has 0 unspecified atom stereocenters. The predicted molar refractivity (Wildman–Crippen MR) is 101 cm³/mol. The van der Waals surface area contributed by atoms with E-state index in [1.807, 2.05) is 13.8 Å². The van der Waals surface area contributed by atoms with Gasteiger partial charge in [-0.15, -0.1) is 0 Å². The van der Waals surface area contributed by atoms with E-state index in [1.165, 1.54) is 0 Å². The zero-order chi connectivity index (χ0) is 20.0. The molecule has 0 aliphatic carbocycles. The van der Waals surface area contributed by atoms with Crippen molar-refractivity contribution < 1.29 is 23.5 Å². The van der Waals surface area contributed by atoms with Gasteiger partial charge in [-0.3, -0.25) is 9.59 Å². The fourth-order valence-corrected chi connectivity index (χ4v) is 2.41. The van der Waals surface area contributed by atoms with Crippen molar-refractivity contribution in [2.24, 2.45) is 5.92 Å². The minimum Gasteiger partial charge on any atom is -0.466 e. The normalized spacial score (nSPS) is 10.6. The summed E-state index contributed by atoms with van der Waals surface area (Å²) in [6.45, 7) is 7.41. The number of anilines is 1. The molecule has 1 heterocycles. The molecule has 1 aromatic heterocycles. The highest BCUT2D eigenvalue weighted by molar-refractivity contribution is 6.04. The van der Waals surface area contributed by atoms with Crippen LogP contribution >= 0.6 is 0 Å². The summed E-state index contributed by atoms with van der Waals surface area (Å²) in [6.07, 6.45) is 0. The number of esters is 1. The smallest absolute Gasteiger partial charge is 0.342 e. The molecular formula is C20H24N2O5. The van der Waals surface area contributed by atoms with Crippen molar-refractivity contribution in [3.05, 3.63) is 53.0 Å². The third kappa shape index (κ3) is 5.70. The number of aryl methyl sites for hydroxylation is 2. The number of nitrogens with one attached hydrogen (secondary N) is 2. The van der Waals surface area contributed by atoms with Crippen LogP contribution in [0.3, 0.4) is 0 Å². The number of benzene rings is 1. The van der Waals surface area contributed by atoms with Crippen LogP contribution in [0.25, 0.3) is 0 Å². The maximum Gasteiger partial charge on any atom is 0.342 e. The molecule has 0 aliphatic rings. The van der Waals surface area contributed by atoms with Gasteiger partial charge in [-0.2, -0.15) is 0 Å². The van der Waals surface area contributed by atoms with Crippen LogP contribution in [-0.4, -0.2) is 30.9 Å². The van der Waals surface area contributed by atoms with Crippen molar-refractivity contribution in [1.82, 2.24) is 5.32 Å². The van der Waals surface area contributed by atoms with Crippen LogP contribution in [0.1, 0.15) is 46.1 Å². The molecule has 1 aromatic carbocycles. The number of hydrogen-bond acceptors (Lipinski definition) is 5. The van der Waals surface area contributed by atoms with E-state index in [0.29, 0.717) is 35.2 Å². The third-order valence-corrected chi connectivity index (χ3v) is 3.71. The Morgan fingerprint density at radius 3 is 2.44 bits per heavy atom. The van der Waals surface area contributed by atoms with Crippen molar-refractivity contribution >= 4 is 23.5 Å². The van der Waals surface area contributed by atoms with Gasteiger partial charge in [0.1, 0.15) is 17.1 Å². The largest absolute Gasteiger partial charge is 0.466 e. The number of ether oxygens (including phenoxy) is 1. The van der Waals surface area contributed by atoms with Crippen molar-refractivity contribution in [3.63, 3.8) is 0 Å². The number of rotatable bonds is 7. The highest BCUT2D eigenvalue weighted by Crippen LogP contribution is 2.16. The van der Waals surface area contributed by atoms with E-state index in [2.05, 4.69) is 10.6 Å². The van der Waals surface area contributed by atoms with Crippen LogP contribution in [0.15, 0.2) is 34.7 Å². The van der Waals surface area contributed by atoms with Crippen molar-refractivity contribution in [3.8, 4) is 0 Å². The van der Waals surface area contributed by atoms with Gasteiger partial charge in [0.05, 0.1) is 11.3 Å². The first kappa shape index (κ1) is 20.2. The summed E-state index contributed by atoms with van der Waals surface area (Å²) in [5.41, 5.74) is 0.989. The summed E-state index contributed by atoms with van der Waals surface area (Å²) in [7, 11) is 0. The molecule has 0 radical (unpaired) electrons. The first-order chi connectivity index (χ1) is 12.8. The number of furan rings is 1. The number of carbonyl (C=O) groups excluding carboxylic acids is 3. The third-order valence-electron chi connectivity index (χ3n) is 3.71. The second-order valence-corrected chi connectivity index (χ2v) is 6.60. The van der Waals surface area contributed by atoms with E-state index in [0.717, 1.165) is 0 Å². The average molecular weight is 372 g/mol. The summed E-state index contributed by atoms with van der Waals surface area (Å²) in [5.74, 6) is -0.116. The lowest BCUT2D eigenvalue weighted by Crippen LogP contribution is -2.29. The van der Waals surface area contributed by atoms with Crippen molar-refractivity contribution in [2.45, 2.75) is 27.7 Å². The topological polar surface area (TPSA) is 97.6 Å². The first-order valence-corrected chi connectivity index (χ1v) is 8.69. The zero-order valence-corrected chi connectivity index (χ0v) is 15.9. The molecule has 0 saturated carbocycles. The summed E-state index contributed by atoms with van der Waals surface area (Å²) < 4.78 is 10.3. The number of hydrogen-bond donors (Lipinski definition) is 2. The fourth-order valence-electron chi connectivity index (χ4n) is 2.41. The number of amides is 2. The monoisotopic (exact) mass is 372 g/mol. The maximum atomic E-state index is 12.3. The lowest BCUT2D eigenvalue weighted by atomic mass is 10.1. The van der Waals surface area contributed by atoms with Gasteiger partial charge in [-0.25, -0.2) is 4.79 Å². The van der Waals surface area contributed by atoms with E-state index in [-0.39, 0.29) is 11.5 Å². The van der Waals surface area contributed by atoms with Gasteiger partial charge in [0.2, 0.25) is 0 Å². The minimum absolute atomic E-state index is 0.277. The second-order valence-electron chi connectivity index (χ2n) is 6.60. The summed E-state index contributed by atoms with van der Waals surface area (Å²) in [4.78, 5) is 36.5. The quantitative estimate of drug-likeness (QED) is 0.728. The molecule has 0 fully saturated rings. The van der Waals surface area contributed by atoms with Crippen LogP contribution in [0.5, 0.6) is 0 Å². The number of carbonyl (C=O) groups is 3. The van der Waals surface area contributed by atoms with E-state index in [9.17, 15) is 14.4 Å². The molecule has 2 rings (SSSR count). The van der Waals surface area contributed by atoms with Crippen LogP contribution < -0.4 is 10.6 Å². The Morgan fingerprint density at radius 1 is 1.11 bits per heavy atom. The zero-order valence-electron chi connectivity index (χ0n) is 15.9. The number of para-hydroxylation sites is 1. The molecule has 0 aliphatic heterocycles. The van der Waals surface area contributed by atoms with E-state index in [1.54, 1.807) is 44.2 Å². The molecule has 0 spiro atoms. The van der Waals surface area contributed by atoms with Gasteiger partial charge in [-0.1, -0.05) is 26.0 Å². The van der Waals surface area contributed by atoms with Gasteiger partial charge >= 0.3 is 5.97 Å². The Bertz CT molecular complexity index is 839. The van der Waals surface area contributed by atoms with Crippen LogP contribution in [0, 0.1) is 19.8 Å². The van der Waals surface area contributed by atoms with E-state index < -0.39 is 18.5 Å². The van der Waals surface area contributed by atoms with Gasteiger partial charge in [0.25, 0.3) is 11.8 Å². The van der Waals surface area contributed by atoms with Crippen molar-refractivity contribution in [2.75, 3.05) is 18.5 Å². The van der Waals surface area contributed by atoms with Gasteiger partial charge in [-0.05, 0) is 38.0 Å². The molecule has 7 nitrogen and oxygen atoms in total. The predicted octanol–water partition coefficient (Wildman–Crippen LogP) is 3.08. The van der Waals surface area contributed by atoms with Crippen LogP contribution in [0.4, 0.5) is 5.69 Å². The molecule has 2 amide bonds. The minimum atomic E-state index is -0.637. The highest BCUT2D eigenvalue weighted by atomic mass is 16.5. The molecule has 0 saturated heterocycles. The Balaban J connectivity index is 1.96.